The van der Waals surface area contributed by atoms with Crippen molar-refractivity contribution < 1.29 is 9.59 Å². The molecular weight excluding hydrogens is 496 g/mol. The van der Waals surface area contributed by atoms with Crippen LogP contribution in [-0.2, 0) is 16.0 Å². The number of thioether (sulfide) groups is 1. The van der Waals surface area contributed by atoms with Crippen LogP contribution in [0.2, 0.25) is 0 Å². The van der Waals surface area contributed by atoms with E-state index in [4.69, 9.17) is 0 Å². The molecule has 1 heterocycles. The Kier molecular flexibility index (Phi) is 7.36. The Hall–Kier alpha value is -2.83. The van der Waals surface area contributed by atoms with Crippen LogP contribution in [0, 0.1) is 6.92 Å². The van der Waals surface area contributed by atoms with Crippen molar-refractivity contribution in [2.45, 2.75) is 38.0 Å². The molecule has 1 aliphatic rings. The average Bonchev–Trinajstić information content (AvgIpc) is 3.05. The van der Waals surface area contributed by atoms with Crippen LogP contribution >= 0.6 is 27.7 Å². The van der Waals surface area contributed by atoms with Crippen molar-refractivity contribution in [2.24, 2.45) is 0 Å². The number of amides is 2. The van der Waals surface area contributed by atoms with Crippen molar-refractivity contribution in [3.63, 3.8) is 0 Å². The van der Waals surface area contributed by atoms with E-state index < -0.39 is 0 Å². The Morgan fingerprint density at radius 3 is 2.18 bits per heavy atom. The summed E-state index contributed by atoms with van der Waals surface area (Å²) in [6, 6.07) is 23.2. The van der Waals surface area contributed by atoms with E-state index in [1.165, 1.54) is 22.2 Å². The van der Waals surface area contributed by atoms with Gasteiger partial charge in [0.2, 0.25) is 0 Å². The summed E-state index contributed by atoms with van der Waals surface area (Å²) in [5, 5.41) is 3.19. The number of imide groups is 1. The second kappa shape index (κ2) is 10.4. The molecule has 3 aromatic carbocycles. The van der Waals surface area contributed by atoms with Gasteiger partial charge in [0.1, 0.15) is 10.6 Å². The normalized spacial score (nSPS) is 13.7. The van der Waals surface area contributed by atoms with Gasteiger partial charge in [-0.1, -0.05) is 70.9 Å². The molecule has 168 valence electrons. The summed E-state index contributed by atoms with van der Waals surface area (Å²) < 4.78 is 0.940. The third-order valence-electron chi connectivity index (χ3n) is 5.41. The smallest absolute Gasteiger partial charge is 0.283 e. The van der Waals surface area contributed by atoms with Gasteiger partial charge in [0.05, 0.1) is 5.69 Å². The van der Waals surface area contributed by atoms with E-state index in [2.05, 4.69) is 28.2 Å². The van der Waals surface area contributed by atoms with Gasteiger partial charge in [0, 0.05) is 15.1 Å². The first-order chi connectivity index (χ1) is 16.0. The molecule has 4 rings (SSSR count). The maximum atomic E-state index is 13.5. The second-order valence-corrected chi connectivity index (χ2v) is 9.97. The molecule has 0 aliphatic carbocycles. The molecule has 0 saturated carbocycles. The van der Waals surface area contributed by atoms with Crippen LogP contribution in [0.4, 0.5) is 11.4 Å². The number of nitrogens with one attached hydrogen (secondary N) is 1. The lowest BCUT2D eigenvalue weighted by Gasteiger charge is -2.16. The number of benzene rings is 3. The number of aryl methyl sites for hydroxylation is 2. The molecule has 0 aromatic heterocycles. The first-order valence-electron chi connectivity index (χ1n) is 11.0. The van der Waals surface area contributed by atoms with E-state index in [-0.39, 0.29) is 11.8 Å². The zero-order valence-electron chi connectivity index (χ0n) is 18.6. The number of rotatable bonds is 8. The molecule has 0 bridgehead atoms. The summed E-state index contributed by atoms with van der Waals surface area (Å²) in [7, 11) is 0. The molecular formula is C27H25BrN2O2S. The lowest BCUT2D eigenvalue weighted by Crippen LogP contribution is -2.32. The topological polar surface area (TPSA) is 49.4 Å². The highest BCUT2D eigenvalue weighted by atomic mass is 79.9. The Morgan fingerprint density at radius 1 is 0.879 bits per heavy atom. The standard InChI is InChI=1S/C27H25BrN2O2S/c1-3-4-5-19-8-14-22(15-9-19)30-26(31)24(29-21-12-10-20(28)11-13-21)25(27(30)32)33-23-16-6-18(2)7-17-23/h6-17,29H,3-5H2,1-2H3. The number of hydrogen-bond acceptors (Lipinski definition) is 4. The van der Waals surface area contributed by atoms with E-state index in [9.17, 15) is 9.59 Å². The fourth-order valence-electron chi connectivity index (χ4n) is 3.54. The Labute approximate surface area is 207 Å². The average molecular weight is 521 g/mol. The first kappa shape index (κ1) is 23.3. The number of carbonyl (C=O) groups excluding carboxylic acids is 2. The van der Waals surface area contributed by atoms with Gasteiger partial charge < -0.3 is 5.32 Å². The van der Waals surface area contributed by atoms with E-state index in [0.29, 0.717) is 16.3 Å². The SMILES string of the molecule is CCCCc1ccc(N2C(=O)C(Nc3ccc(Br)cc3)=C(Sc3ccc(C)cc3)C2=O)cc1. The third-order valence-corrected chi connectivity index (χ3v) is 7.03. The van der Waals surface area contributed by atoms with Crippen LogP contribution in [0.3, 0.4) is 0 Å². The predicted octanol–water partition coefficient (Wildman–Crippen LogP) is 7.09. The quantitative estimate of drug-likeness (QED) is 0.322. The van der Waals surface area contributed by atoms with Gasteiger partial charge in [-0.3, -0.25) is 9.59 Å². The number of halogens is 1. The molecule has 0 radical (unpaired) electrons. The molecule has 2 amide bonds. The van der Waals surface area contributed by atoms with Crippen molar-refractivity contribution in [1.82, 2.24) is 0 Å². The van der Waals surface area contributed by atoms with Crippen molar-refractivity contribution in [1.29, 1.82) is 0 Å². The minimum absolute atomic E-state index is 0.294. The molecule has 4 nitrogen and oxygen atoms in total. The van der Waals surface area contributed by atoms with Crippen LogP contribution in [0.1, 0.15) is 30.9 Å². The summed E-state index contributed by atoms with van der Waals surface area (Å²) in [6.45, 7) is 4.18. The molecule has 0 unspecified atom stereocenters. The van der Waals surface area contributed by atoms with Crippen LogP contribution < -0.4 is 10.2 Å². The molecule has 1 N–H and O–H groups in total. The second-order valence-electron chi connectivity index (χ2n) is 7.97. The number of nitrogens with zero attached hydrogens (tertiary/aromatic N) is 1. The monoisotopic (exact) mass is 520 g/mol. The van der Waals surface area contributed by atoms with E-state index in [0.717, 1.165) is 39.9 Å². The van der Waals surface area contributed by atoms with E-state index in [1.807, 2.05) is 79.7 Å². The Balaban J connectivity index is 1.66. The van der Waals surface area contributed by atoms with Crippen LogP contribution in [-0.4, -0.2) is 11.8 Å². The third kappa shape index (κ3) is 5.40. The zero-order valence-corrected chi connectivity index (χ0v) is 21.0. The molecule has 1 aliphatic heterocycles. The van der Waals surface area contributed by atoms with Gasteiger partial charge in [0.25, 0.3) is 11.8 Å². The van der Waals surface area contributed by atoms with Gasteiger partial charge in [-0.25, -0.2) is 4.90 Å². The fourth-order valence-corrected chi connectivity index (χ4v) is 4.73. The van der Waals surface area contributed by atoms with E-state index in [1.54, 1.807) is 0 Å². The maximum absolute atomic E-state index is 13.5. The van der Waals surface area contributed by atoms with Crippen molar-refractivity contribution in [3.05, 3.63) is 99.0 Å². The summed E-state index contributed by atoms with van der Waals surface area (Å²) in [5.74, 6) is -0.662. The summed E-state index contributed by atoms with van der Waals surface area (Å²) in [4.78, 5) is 29.5. The molecule has 6 heteroatoms. The summed E-state index contributed by atoms with van der Waals surface area (Å²) in [6.07, 6.45) is 3.22. The fraction of sp³-hybridized carbons (Fsp3) is 0.185. The van der Waals surface area contributed by atoms with Gasteiger partial charge >= 0.3 is 0 Å². The summed E-state index contributed by atoms with van der Waals surface area (Å²) in [5.41, 5.74) is 3.96. The minimum Gasteiger partial charge on any atom is -0.350 e. The van der Waals surface area contributed by atoms with Gasteiger partial charge in [-0.2, -0.15) is 0 Å². The van der Waals surface area contributed by atoms with Crippen LogP contribution in [0.5, 0.6) is 0 Å². The number of carbonyl (C=O) groups is 2. The highest BCUT2D eigenvalue weighted by molar-refractivity contribution is 9.10. The summed E-state index contributed by atoms with van der Waals surface area (Å²) >= 11 is 4.74. The highest BCUT2D eigenvalue weighted by Crippen LogP contribution is 2.38. The van der Waals surface area contributed by atoms with Gasteiger partial charge in [-0.15, -0.1) is 0 Å². The lowest BCUT2D eigenvalue weighted by atomic mass is 10.1. The predicted molar refractivity (Wildman–Crippen MR) is 139 cm³/mol. The molecule has 0 spiro atoms. The van der Waals surface area contributed by atoms with Gasteiger partial charge in [-0.05, 0) is 73.9 Å². The maximum Gasteiger partial charge on any atom is 0.283 e. The Morgan fingerprint density at radius 2 is 1.55 bits per heavy atom. The highest BCUT2D eigenvalue weighted by Gasteiger charge is 2.40. The number of unbranched alkanes of at least 4 members (excludes halogenated alkanes) is 1. The zero-order chi connectivity index (χ0) is 23.4. The number of hydrogen-bond donors (Lipinski definition) is 1. The van der Waals surface area contributed by atoms with Crippen molar-refractivity contribution >= 4 is 50.9 Å². The molecule has 3 aromatic rings. The Bertz CT molecular complexity index is 1120. The molecule has 0 saturated heterocycles. The molecule has 0 fully saturated rings. The minimum atomic E-state index is -0.348. The number of anilines is 2. The van der Waals surface area contributed by atoms with Crippen molar-refractivity contribution in [3.8, 4) is 0 Å². The molecule has 33 heavy (non-hydrogen) atoms. The van der Waals surface area contributed by atoms with Crippen LogP contribution in [0.25, 0.3) is 0 Å². The van der Waals surface area contributed by atoms with Crippen molar-refractivity contribution in [2.75, 3.05) is 10.2 Å². The molecule has 0 atom stereocenters. The van der Waals surface area contributed by atoms with Crippen LogP contribution in [0.15, 0.2) is 92.8 Å². The lowest BCUT2D eigenvalue weighted by molar-refractivity contribution is -0.120. The van der Waals surface area contributed by atoms with E-state index >= 15 is 0 Å². The largest absolute Gasteiger partial charge is 0.350 e. The first-order valence-corrected chi connectivity index (χ1v) is 12.6. The van der Waals surface area contributed by atoms with Gasteiger partial charge in [0.15, 0.2) is 0 Å².